The summed E-state index contributed by atoms with van der Waals surface area (Å²) in [4.78, 5) is 25.6. The summed E-state index contributed by atoms with van der Waals surface area (Å²) in [5.74, 6) is 2.01. The van der Waals surface area contributed by atoms with Gasteiger partial charge in [-0.2, -0.15) is 15.0 Å². The van der Waals surface area contributed by atoms with Gasteiger partial charge in [0, 0.05) is 31.7 Å². The SMILES string of the molecule is COc1cccc(CNc2nc(NCCOCCOCCNC(=O)c3ccccc3)nc(NCc3ccc(C)cc3)n2)c1. The highest BCUT2D eigenvalue weighted by Gasteiger charge is 2.08. The Kier molecular flexibility index (Phi) is 12.5. The molecule has 226 valence electrons. The lowest BCUT2D eigenvalue weighted by Gasteiger charge is -2.12. The Hall–Kier alpha value is -4.74. The average Bonchev–Trinajstić information content (AvgIpc) is 3.04. The van der Waals surface area contributed by atoms with Crippen LogP contribution in [0.15, 0.2) is 78.9 Å². The predicted octanol–water partition coefficient (Wildman–Crippen LogP) is 4.29. The number of anilines is 3. The molecule has 0 spiro atoms. The molecule has 0 unspecified atom stereocenters. The van der Waals surface area contributed by atoms with Gasteiger partial charge in [0.25, 0.3) is 5.91 Å². The van der Waals surface area contributed by atoms with Crippen LogP contribution in [0.2, 0.25) is 0 Å². The van der Waals surface area contributed by atoms with Gasteiger partial charge < -0.3 is 35.5 Å². The molecule has 0 bridgehead atoms. The van der Waals surface area contributed by atoms with Crippen LogP contribution in [0.5, 0.6) is 5.75 Å². The fraction of sp³-hybridized carbons (Fsp3) is 0.312. The lowest BCUT2D eigenvalue weighted by molar-refractivity contribution is 0.0519. The molecule has 1 heterocycles. The Morgan fingerprint density at radius 1 is 0.674 bits per heavy atom. The van der Waals surface area contributed by atoms with Crippen molar-refractivity contribution in [2.45, 2.75) is 20.0 Å². The molecule has 1 amide bonds. The first kappa shape index (κ1) is 31.2. The molecule has 4 aromatic rings. The molecule has 0 atom stereocenters. The van der Waals surface area contributed by atoms with Crippen LogP contribution in [-0.2, 0) is 22.6 Å². The van der Waals surface area contributed by atoms with Crippen LogP contribution >= 0.6 is 0 Å². The van der Waals surface area contributed by atoms with Gasteiger partial charge in [0.1, 0.15) is 5.75 Å². The van der Waals surface area contributed by atoms with Crippen LogP contribution in [0.4, 0.5) is 17.8 Å². The van der Waals surface area contributed by atoms with Gasteiger partial charge in [-0.1, -0.05) is 60.2 Å². The van der Waals surface area contributed by atoms with E-state index in [9.17, 15) is 4.79 Å². The Bertz CT molecular complexity index is 1400. The third kappa shape index (κ3) is 11.2. The summed E-state index contributed by atoms with van der Waals surface area (Å²) >= 11 is 0. The van der Waals surface area contributed by atoms with Crippen molar-refractivity contribution in [2.24, 2.45) is 0 Å². The van der Waals surface area contributed by atoms with E-state index in [0.717, 1.165) is 16.9 Å². The highest BCUT2D eigenvalue weighted by molar-refractivity contribution is 5.94. The first-order valence-corrected chi connectivity index (χ1v) is 14.2. The topological polar surface area (TPSA) is 132 Å². The number of ether oxygens (including phenoxy) is 3. The summed E-state index contributed by atoms with van der Waals surface area (Å²) in [5, 5.41) is 12.6. The van der Waals surface area contributed by atoms with Crippen molar-refractivity contribution in [1.29, 1.82) is 0 Å². The van der Waals surface area contributed by atoms with Crippen molar-refractivity contribution in [1.82, 2.24) is 20.3 Å². The van der Waals surface area contributed by atoms with E-state index in [1.54, 1.807) is 19.2 Å². The summed E-state index contributed by atoms with van der Waals surface area (Å²) in [7, 11) is 1.65. The number of amides is 1. The molecule has 0 aliphatic rings. The van der Waals surface area contributed by atoms with Crippen LogP contribution in [0.25, 0.3) is 0 Å². The smallest absolute Gasteiger partial charge is 0.251 e. The zero-order valence-electron chi connectivity index (χ0n) is 24.6. The van der Waals surface area contributed by atoms with E-state index in [0.29, 0.717) is 76.0 Å². The number of carbonyl (C=O) groups is 1. The molecular weight excluding hydrogens is 546 g/mol. The molecule has 0 fully saturated rings. The third-order valence-electron chi connectivity index (χ3n) is 6.26. The van der Waals surface area contributed by atoms with E-state index < -0.39 is 0 Å². The molecule has 0 saturated heterocycles. The number of nitrogens with zero attached hydrogens (tertiary/aromatic N) is 3. The molecule has 11 nitrogen and oxygen atoms in total. The number of aryl methyl sites for hydroxylation is 1. The maximum absolute atomic E-state index is 12.0. The van der Waals surface area contributed by atoms with Crippen molar-refractivity contribution in [3.8, 4) is 5.75 Å². The van der Waals surface area contributed by atoms with Gasteiger partial charge in [-0.3, -0.25) is 4.79 Å². The largest absolute Gasteiger partial charge is 0.497 e. The van der Waals surface area contributed by atoms with Crippen molar-refractivity contribution in [3.05, 3.63) is 101 Å². The molecule has 0 aliphatic heterocycles. The van der Waals surface area contributed by atoms with Gasteiger partial charge >= 0.3 is 0 Å². The van der Waals surface area contributed by atoms with Gasteiger partial charge in [-0.05, 0) is 42.3 Å². The summed E-state index contributed by atoms with van der Waals surface area (Å²) in [6.45, 7) is 5.82. The molecule has 4 N–H and O–H groups in total. The number of rotatable bonds is 18. The van der Waals surface area contributed by atoms with Crippen molar-refractivity contribution >= 4 is 23.8 Å². The maximum Gasteiger partial charge on any atom is 0.251 e. The molecule has 43 heavy (non-hydrogen) atoms. The Morgan fingerprint density at radius 2 is 1.30 bits per heavy atom. The Balaban J connectivity index is 1.20. The molecular formula is C32H39N7O4. The van der Waals surface area contributed by atoms with E-state index in [1.165, 1.54) is 5.56 Å². The van der Waals surface area contributed by atoms with Crippen LogP contribution in [0, 0.1) is 6.92 Å². The minimum atomic E-state index is -0.114. The molecule has 0 aliphatic carbocycles. The van der Waals surface area contributed by atoms with Crippen molar-refractivity contribution < 1.29 is 19.0 Å². The number of aromatic nitrogens is 3. The fourth-order valence-electron chi connectivity index (χ4n) is 3.95. The van der Waals surface area contributed by atoms with Gasteiger partial charge in [0.2, 0.25) is 17.8 Å². The summed E-state index contributed by atoms with van der Waals surface area (Å²) < 4.78 is 16.5. The van der Waals surface area contributed by atoms with E-state index >= 15 is 0 Å². The van der Waals surface area contributed by atoms with E-state index in [-0.39, 0.29) is 5.91 Å². The Labute approximate surface area is 252 Å². The van der Waals surface area contributed by atoms with E-state index in [2.05, 4.69) is 67.4 Å². The summed E-state index contributed by atoms with van der Waals surface area (Å²) in [6, 6.07) is 25.2. The minimum absolute atomic E-state index is 0.114. The number of methoxy groups -OCH3 is 1. The third-order valence-corrected chi connectivity index (χ3v) is 6.26. The average molecular weight is 586 g/mol. The highest BCUT2D eigenvalue weighted by atomic mass is 16.5. The monoisotopic (exact) mass is 585 g/mol. The van der Waals surface area contributed by atoms with Gasteiger partial charge in [0.15, 0.2) is 0 Å². The first-order chi connectivity index (χ1) is 21.1. The minimum Gasteiger partial charge on any atom is -0.497 e. The molecule has 0 radical (unpaired) electrons. The Morgan fingerprint density at radius 3 is 1.98 bits per heavy atom. The number of carbonyl (C=O) groups excluding carboxylic acids is 1. The molecule has 0 saturated carbocycles. The zero-order valence-corrected chi connectivity index (χ0v) is 24.6. The predicted molar refractivity (Wildman–Crippen MR) is 168 cm³/mol. The normalized spacial score (nSPS) is 10.7. The molecule has 1 aromatic heterocycles. The molecule has 3 aromatic carbocycles. The second-order valence-electron chi connectivity index (χ2n) is 9.62. The zero-order chi connectivity index (χ0) is 30.1. The molecule has 11 heteroatoms. The second kappa shape index (κ2) is 17.3. The number of hydrogen-bond donors (Lipinski definition) is 4. The lowest BCUT2D eigenvalue weighted by atomic mass is 10.1. The molecule has 4 rings (SSSR count). The van der Waals surface area contributed by atoms with Gasteiger partial charge in [0.05, 0.1) is 33.5 Å². The number of hydrogen-bond acceptors (Lipinski definition) is 10. The number of benzene rings is 3. The lowest BCUT2D eigenvalue weighted by Crippen LogP contribution is -2.27. The fourth-order valence-corrected chi connectivity index (χ4v) is 3.95. The highest BCUT2D eigenvalue weighted by Crippen LogP contribution is 2.15. The van der Waals surface area contributed by atoms with Crippen LogP contribution in [0.1, 0.15) is 27.0 Å². The standard InChI is InChI=1S/C32H39N7O4/c1-24-11-13-25(14-12-24)22-35-31-37-30(38-32(39-31)36-23-26-7-6-10-28(21-26)41-2)34-16-18-43-20-19-42-17-15-33-29(40)27-8-4-3-5-9-27/h3-14,21H,15-20,22-23H2,1-2H3,(H,33,40)(H3,34,35,36,37,38,39). The maximum atomic E-state index is 12.0. The summed E-state index contributed by atoms with van der Waals surface area (Å²) in [5.41, 5.74) is 4.00. The van der Waals surface area contributed by atoms with E-state index in [4.69, 9.17) is 14.2 Å². The van der Waals surface area contributed by atoms with Crippen LogP contribution < -0.4 is 26.0 Å². The van der Waals surface area contributed by atoms with Crippen LogP contribution in [0.3, 0.4) is 0 Å². The van der Waals surface area contributed by atoms with Crippen LogP contribution in [-0.4, -0.2) is 67.5 Å². The van der Waals surface area contributed by atoms with E-state index in [1.807, 2.05) is 42.5 Å². The number of nitrogens with one attached hydrogen (secondary N) is 4. The first-order valence-electron chi connectivity index (χ1n) is 14.2. The second-order valence-corrected chi connectivity index (χ2v) is 9.62. The summed E-state index contributed by atoms with van der Waals surface area (Å²) in [6.07, 6.45) is 0. The van der Waals surface area contributed by atoms with Gasteiger partial charge in [-0.25, -0.2) is 0 Å². The quantitative estimate of drug-likeness (QED) is 0.125. The van der Waals surface area contributed by atoms with Crippen molar-refractivity contribution in [2.75, 3.05) is 62.6 Å². The van der Waals surface area contributed by atoms with Gasteiger partial charge in [-0.15, -0.1) is 0 Å². The van der Waals surface area contributed by atoms with Crippen molar-refractivity contribution in [3.63, 3.8) is 0 Å².